The number of alkyl carbamates (subject to hydrolysis) is 1. The van der Waals surface area contributed by atoms with Crippen LogP contribution in [0.15, 0.2) is 46.9 Å². The Bertz CT molecular complexity index is 789. The third-order valence-electron chi connectivity index (χ3n) is 3.72. The van der Waals surface area contributed by atoms with Crippen molar-refractivity contribution in [2.45, 2.75) is 18.6 Å². The summed E-state index contributed by atoms with van der Waals surface area (Å²) in [5.41, 5.74) is -1.89. The minimum absolute atomic E-state index is 0.106. The first kappa shape index (κ1) is 20.0. The number of carbonyl (C=O) groups excluding carboxylic acids is 2. The van der Waals surface area contributed by atoms with Crippen LogP contribution in [0.5, 0.6) is 0 Å². The van der Waals surface area contributed by atoms with Gasteiger partial charge in [-0.1, -0.05) is 46.3 Å². The second-order valence-electron chi connectivity index (χ2n) is 5.52. The molecule has 2 rings (SSSR count). The Morgan fingerprint density at radius 2 is 1.92 bits per heavy atom. The standard InChI is InChI=1S/C18H15BrF3NO3/c19-13-8-14(16(22)15(21)9-13)18(11-20,6-7-24)23-17(25)26-10-12-4-2-1-3-5-12/h1-5,7-9H,6,10-11H2,(H,23,25). The van der Waals surface area contributed by atoms with Crippen molar-refractivity contribution in [3.8, 4) is 0 Å². The molecule has 0 aromatic heterocycles. The monoisotopic (exact) mass is 429 g/mol. The lowest BCUT2D eigenvalue weighted by Crippen LogP contribution is -2.49. The van der Waals surface area contributed by atoms with Crippen LogP contribution >= 0.6 is 15.9 Å². The Balaban J connectivity index is 2.26. The maximum atomic E-state index is 14.2. The Hall–Kier alpha value is -2.35. The molecule has 138 valence electrons. The highest BCUT2D eigenvalue weighted by molar-refractivity contribution is 9.10. The van der Waals surface area contributed by atoms with E-state index >= 15 is 0 Å². The van der Waals surface area contributed by atoms with Gasteiger partial charge in [0.2, 0.25) is 0 Å². The number of nitrogens with one attached hydrogen (secondary N) is 1. The van der Waals surface area contributed by atoms with E-state index in [0.29, 0.717) is 11.8 Å². The largest absolute Gasteiger partial charge is 0.445 e. The number of halogens is 4. The van der Waals surface area contributed by atoms with Crippen molar-refractivity contribution in [1.29, 1.82) is 0 Å². The van der Waals surface area contributed by atoms with Gasteiger partial charge in [-0.25, -0.2) is 18.0 Å². The number of aldehydes is 1. The van der Waals surface area contributed by atoms with Gasteiger partial charge in [-0.3, -0.25) is 0 Å². The first-order chi connectivity index (χ1) is 12.4. The van der Waals surface area contributed by atoms with Gasteiger partial charge in [-0.05, 0) is 17.7 Å². The molecule has 0 bridgehead atoms. The molecule has 0 radical (unpaired) electrons. The SMILES string of the molecule is O=CCC(CF)(NC(=O)OCc1ccccc1)c1cc(Br)cc(F)c1F. The topological polar surface area (TPSA) is 55.4 Å². The van der Waals surface area contributed by atoms with E-state index in [4.69, 9.17) is 4.74 Å². The Morgan fingerprint density at radius 1 is 1.23 bits per heavy atom. The van der Waals surface area contributed by atoms with E-state index in [2.05, 4.69) is 21.2 Å². The van der Waals surface area contributed by atoms with Crippen molar-refractivity contribution in [2.24, 2.45) is 0 Å². The summed E-state index contributed by atoms with van der Waals surface area (Å²) in [7, 11) is 0. The fraction of sp³-hybridized carbons (Fsp3) is 0.222. The van der Waals surface area contributed by atoms with E-state index in [-0.39, 0.29) is 11.1 Å². The summed E-state index contributed by atoms with van der Waals surface area (Å²) in [5.74, 6) is -2.59. The highest BCUT2D eigenvalue weighted by atomic mass is 79.9. The van der Waals surface area contributed by atoms with Crippen molar-refractivity contribution in [3.05, 3.63) is 69.7 Å². The van der Waals surface area contributed by atoms with Gasteiger partial charge < -0.3 is 14.8 Å². The van der Waals surface area contributed by atoms with Gasteiger partial charge in [0, 0.05) is 16.5 Å². The van der Waals surface area contributed by atoms with Gasteiger partial charge in [0.05, 0.1) is 0 Å². The second kappa shape index (κ2) is 8.84. The zero-order valence-electron chi connectivity index (χ0n) is 13.5. The van der Waals surface area contributed by atoms with Crippen LogP contribution in [0.3, 0.4) is 0 Å². The van der Waals surface area contributed by atoms with Crippen LogP contribution in [0, 0.1) is 11.6 Å². The molecule has 0 aliphatic heterocycles. The molecule has 1 amide bonds. The van der Waals surface area contributed by atoms with Crippen molar-refractivity contribution < 1.29 is 27.5 Å². The van der Waals surface area contributed by atoms with Crippen molar-refractivity contribution >= 4 is 28.3 Å². The number of alkyl halides is 1. The molecule has 0 aliphatic carbocycles. The lowest BCUT2D eigenvalue weighted by molar-refractivity contribution is -0.109. The van der Waals surface area contributed by atoms with Crippen molar-refractivity contribution in [2.75, 3.05) is 6.67 Å². The molecule has 1 atom stereocenters. The van der Waals surface area contributed by atoms with Crippen LogP contribution < -0.4 is 5.32 Å². The number of hydrogen-bond donors (Lipinski definition) is 1. The van der Waals surface area contributed by atoms with E-state index in [9.17, 15) is 22.8 Å². The molecule has 0 heterocycles. The lowest BCUT2D eigenvalue weighted by Gasteiger charge is -2.31. The van der Waals surface area contributed by atoms with Gasteiger partial charge in [0.1, 0.15) is 25.1 Å². The van der Waals surface area contributed by atoms with E-state index < -0.39 is 41.9 Å². The summed E-state index contributed by atoms with van der Waals surface area (Å²) < 4.78 is 46.9. The molecule has 0 fully saturated rings. The third-order valence-corrected chi connectivity index (χ3v) is 4.18. The fourth-order valence-electron chi connectivity index (χ4n) is 2.39. The molecule has 4 nitrogen and oxygen atoms in total. The van der Waals surface area contributed by atoms with Crippen LogP contribution in [-0.2, 0) is 21.7 Å². The maximum Gasteiger partial charge on any atom is 0.408 e. The quantitative estimate of drug-likeness (QED) is 0.523. The number of benzene rings is 2. The van der Waals surface area contributed by atoms with Crippen LogP contribution in [0.1, 0.15) is 17.5 Å². The minimum atomic E-state index is -2.08. The Morgan fingerprint density at radius 3 is 2.54 bits per heavy atom. The molecule has 0 saturated heterocycles. The molecule has 1 N–H and O–H groups in total. The van der Waals surface area contributed by atoms with Crippen LogP contribution in [0.2, 0.25) is 0 Å². The molecule has 2 aromatic rings. The van der Waals surface area contributed by atoms with E-state index in [1.165, 1.54) is 0 Å². The van der Waals surface area contributed by atoms with Crippen LogP contribution in [0.4, 0.5) is 18.0 Å². The molecule has 2 aromatic carbocycles. The van der Waals surface area contributed by atoms with Crippen LogP contribution in [0.25, 0.3) is 0 Å². The number of amides is 1. The maximum absolute atomic E-state index is 14.2. The summed E-state index contributed by atoms with van der Waals surface area (Å²) in [6.07, 6.45) is -1.35. The first-order valence-corrected chi connectivity index (χ1v) is 8.34. The van der Waals surface area contributed by atoms with E-state index in [0.717, 1.165) is 12.1 Å². The van der Waals surface area contributed by atoms with Crippen molar-refractivity contribution in [3.63, 3.8) is 0 Å². The second-order valence-corrected chi connectivity index (χ2v) is 6.44. The van der Waals surface area contributed by atoms with E-state index in [1.807, 2.05) is 0 Å². The molecule has 0 saturated carbocycles. The summed E-state index contributed by atoms with van der Waals surface area (Å²) in [6, 6.07) is 10.7. The first-order valence-electron chi connectivity index (χ1n) is 7.55. The smallest absolute Gasteiger partial charge is 0.408 e. The highest BCUT2D eigenvalue weighted by Crippen LogP contribution is 2.31. The number of rotatable bonds is 7. The number of ether oxygens (including phenoxy) is 1. The highest BCUT2D eigenvalue weighted by Gasteiger charge is 2.38. The predicted molar refractivity (Wildman–Crippen MR) is 92.2 cm³/mol. The van der Waals surface area contributed by atoms with Gasteiger partial charge in [-0.2, -0.15) is 0 Å². The van der Waals surface area contributed by atoms with Crippen molar-refractivity contribution in [1.82, 2.24) is 5.32 Å². The molecule has 0 aliphatic rings. The van der Waals surface area contributed by atoms with E-state index in [1.54, 1.807) is 30.3 Å². The molecular weight excluding hydrogens is 415 g/mol. The summed E-state index contributed by atoms with van der Waals surface area (Å²) >= 11 is 2.99. The molecular formula is C18H15BrF3NO3. The zero-order chi connectivity index (χ0) is 19.2. The predicted octanol–water partition coefficient (Wildman–Crippen LogP) is 4.41. The molecule has 8 heteroatoms. The minimum Gasteiger partial charge on any atom is -0.445 e. The number of hydrogen-bond acceptors (Lipinski definition) is 3. The van der Waals surface area contributed by atoms with Gasteiger partial charge in [-0.15, -0.1) is 0 Å². The normalized spacial score (nSPS) is 12.9. The molecule has 1 unspecified atom stereocenters. The summed E-state index contributed by atoms with van der Waals surface area (Å²) in [6.45, 7) is -1.44. The van der Waals surface area contributed by atoms with Gasteiger partial charge in [0.15, 0.2) is 11.6 Å². The zero-order valence-corrected chi connectivity index (χ0v) is 15.1. The summed E-state index contributed by atoms with van der Waals surface area (Å²) in [4.78, 5) is 23.1. The summed E-state index contributed by atoms with van der Waals surface area (Å²) in [5, 5.41) is 2.17. The Labute approximate surface area is 156 Å². The third kappa shape index (κ3) is 4.63. The lowest BCUT2D eigenvalue weighted by atomic mass is 9.87. The Kier molecular flexibility index (Phi) is 6.79. The van der Waals surface area contributed by atoms with Gasteiger partial charge >= 0.3 is 6.09 Å². The molecule has 26 heavy (non-hydrogen) atoms. The molecule has 0 spiro atoms. The average molecular weight is 430 g/mol. The average Bonchev–Trinajstić information content (AvgIpc) is 2.63. The van der Waals surface area contributed by atoms with Gasteiger partial charge in [0.25, 0.3) is 0 Å². The number of carbonyl (C=O) groups is 2. The van der Waals surface area contributed by atoms with Crippen LogP contribution in [-0.4, -0.2) is 19.1 Å². The fourth-order valence-corrected chi connectivity index (χ4v) is 2.82.